The van der Waals surface area contributed by atoms with Crippen molar-refractivity contribution in [3.63, 3.8) is 0 Å². The van der Waals surface area contributed by atoms with Crippen LogP contribution in [-0.2, 0) is 6.42 Å². The highest BCUT2D eigenvalue weighted by Gasteiger charge is 2.09. The zero-order chi connectivity index (χ0) is 13.2. The van der Waals surface area contributed by atoms with E-state index in [1.54, 1.807) is 0 Å². The van der Waals surface area contributed by atoms with Crippen molar-refractivity contribution in [3.05, 3.63) is 35.4 Å². The molecule has 1 aromatic rings. The van der Waals surface area contributed by atoms with Crippen LogP contribution in [0, 0.1) is 0 Å². The first-order chi connectivity index (χ1) is 8.81. The number of hydrogen-bond acceptors (Lipinski definition) is 1. The molecule has 102 valence electrons. The van der Waals surface area contributed by atoms with Crippen molar-refractivity contribution >= 4 is 0 Å². The molecule has 0 aliphatic heterocycles. The van der Waals surface area contributed by atoms with Gasteiger partial charge in [-0.3, -0.25) is 0 Å². The Kier molecular flexibility index (Phi) is 7.75. The van der Waals surface area contributed by atoms with Gasteiger partial charge in [0.25, 0.3) is 0 Å². The summed E-state index contributed by atoms with van der Waals surface area (Å²) in [4.78, 5) is 0. The van der Waals surface area contributed by atoms with E-state index >= 15 is 0 Å². The Hall–Kier alpha value is -0.820. The van der Waals surface area contributed by atoms with E-state index in [1.807, 2.05) is 0 Å². The van der Waals surface area contributed by atoms with Gasteiger partial charge in [-0.15, -0.1) is 0 Å². The molecule has 1 rings (SSSR count). The van der Waals surface area contributed by atoms with Crippen LogP contribution in [0.2, 0.25) is 0 Å². The summed E-state index contributed by atoms with van der Waals surface area (Å²) in [7, 11) is 0. The van der Waals surface area contributed by atoms with Crippen LogP contribution in [0.1, 0.15) is 70.0 Å². The number of hydrogen-bond donors (Lipinski definition) is 1. The molecule has 0 amide bonds. The fraction of sp³-hybridized carbons (Fsp3) is 0.647. The zero-order valence-electron chi connectivity index (χ0n) is 12.3. The third kappa shape index (κ3) is 5.22. The largest absolute Gasteiger partial charge is 0.310 e. The molecule has 0 spiro atoms. The molecule has 1 heteroatoms. The third-order valence-electron chi connectivity index (χ3n) is 3.53. The molecule has 18 heavy (non-hydrogen) atoms. The summed E-state index contributed by atoms with van der Waals surface area (Å²) >= 11 is 0. The molecule has 0 aliphatic rings. The quantitative estimate of drug-likeness (QED) is 0.614. The Morgan fingerprint density at radius 1 is 0.944 bits per heavy atom. The Balaban J connectivity index is 2.60. The highest BCUT2D eigenvalue weighted by atomic mass is 14.9. The Morgan fingerprint density at radius 3 is 2.22 bits per heavy atom. The lowest BCUT2D eigenvalue weighted by Gasteiger charge is -2.19. The van der Waals surface area contributed by atoms with E-state index in [2.05, 4.69) is 50.4 Å². The van der Waals surface area contributed by atoms with Crippen molar-refractivity contribution in [2.45, 2.75) is 65.3 Å². The molecule has 0 aromatic heterocycles. The SMILES string of the molecule is CCCCCC(NCCC)c1ccc(CC)cc1. The summed E-state index contributed by atoms with van der Waals surface area (Å²) in [6.07, 6.45) is 7.57. The average molecular weight is 247 g/mol. The van der Waals surface area contributed by atoms with E-state index in [-0.39, 0.29) is 0 Å². The molecule has 0 fully saturated rings. The van der Waals surface area contributed by atoms with Crippen LogP contribution < -0.4 is 5.32 Å². The zero-order valence-corrected chi connectivity index (χ0v) is 12.3. The number of aryl methyl sites for hydroxylation is 1. The minimum Gasteiger partial charge on any atom is -0.310 e. The molecule has 1 N–H and O–H groups in total. The van der Waals surface area contributed by atoms with E-state index in [0.29, 0.717) is 6.04 Å². The van der Waals surface area contributed by atoms with Gasteiger partial charge in [-0.2, -0.15) is 0 Å². The maximum atomic E-state index is 3.68. The molecule has 0 aliphatic carbocycles. The van der Waals surface area contributed by atoms with E-state index < -0.39 is 0 Å². The smallest absolute Gasteiger partial charge is 0.0320 e. The van der Waals surface area contributed by atoms with Crippen molar-refractivity contribution < 1.29 is 0 Å². The standard InChI is InChI=1S/C17H29N/c1-4-7-8-9-17(18-14-5-2)16-12-10-15(6-3)11-13-16/h10-13,17-18H,4-9,14H2,1-3H3. The lowest BCUT2D eigenvalue weighted by molar-refractivity contribution is 0.474. The molecular formula is C17H29N. The van der Waals surface area contributed by atoms with Crippen LogP contribution >= 0.6 is 0 Å². The monoisotopic (exact) mass is 247 g/mol. The molecular weight excluding hydrogens is 218 g/mol. The van der Waals surface area contributed by atoms with Crippen molar-refractivity contribution in [1.82, 2.24) is 5.32 Å². The van der Waals surface area contributed by atoms with Crippen LogP contribution in [0.4, 0.5) is 0 Å². The summed E-state index contributed by atoms with van der Waals surface area (Å²) in [5.41, 5.74) is 2.89. The maximum Gasteiger partial charge on any atom is 0.0320 e. The summed E-state index contributed by atoms with van der Waals surface area (Å²) in [5.74, 6) is 0. The fourth-order valence-corrected chi connectivity index (χ4v) is 2.29. The van der Waals surface area contributed by atoms with Gasteiger partial charge in [0.05, 0.1) is 0 Å². The second-order valence-corrected chi connectivity index (χ2v) is 5.10. The van der Waals surface area contributed by atoms with Crippen molar-refractivity contribution in [2.75, 3.05) is 6.54 Å². The van der Waals surface area contributed by atoms with Gasteiger partial charge in [-0.05, 0) is 36.9 Å². The summed E-state index contributed by atoms with van der Waals surface area (Å²) in [6.45, 7) is 7.83. The molecule has 1 unspecified atom stereocenters. The normalized spacial score (nSPS) is 12.6. The van der Waals surface area contributed by atoms with Crippen LogP contribution in [0.15, 0.2) is 24.3 Å². The summed E-state index contributed by atoms with van der Waals surface area (Å²) in [6, 6.07) is 9.70. The molecule has 1 aromatic carbocycles. The first-order valence-corrected chi connectivity index (χ1v) is 7.64. The maximum absolute atomic E-state index is 3.68. The lowest BCUT2D eigenvalue weighted by Crippen LogP contribution is -2.22. The van der Waals surface area contributed by atoms with Crippen molar-refractivity contribution in [3.8, 4) is 0 Å². The minimum atomic E-state index is 0.544. The first kappa shape index (κ1) is 15.2. The minimum absolute atomic E-state index is 0.544. The van der Waals surface area contributed by atoms with E-state index in [1.165, 1.54) is 43.2 Å². The highest BCUT2D eigenvalue weighted by molar-refractivity contribution is 5.25. The lowest BCUT2D eigenvalue weighted by atomic mass is 9.98. The Bertz CT molecular complexity index is 302. The van der Waals surface area contributed by atoms with Gasteiger partial charge in [0, 0.05) is 6.04 Å². The number of nitrogens with one attached hydrogen (secondary N) is 1. The molecule has 0 saturated carbocycles. The van der Waals surface area contributed by atoms with Crippen LogP contribution in [0.3, 0.4) is 0 Å². The van der Waals surface area contributed by atoms with Gasteiger partial charge in [0.1, 0.15) is 0 Å². The third-order valence-corrected chi connectivity index (χ3v) is 3.53. The van der Waals surface area contributed by atoms with E-state index in [0.717, 1.165) is 13.0 Å². The van der Waals surface area contributed by atoms with Crippen LogP contribution in [-0.4, -0.2) is 6.54 Å². The molecule has 1 atom stereocenters. The van der Waals surface area contributed by atoms with Gasteiger partial charge in [-0.25, -0.2) is 0 Å². The van der Waals surface area contributed by atoms with Gasteiger partial charge in [0.2, 0.25) is 0 Å². The molecule has 0 heterocycles. The molecule has 0 bridgehead atoms. The fourth-order valence-electron chi connectivity index (χ4n) is 2.29. The van der Waals surface area contributed by atoms with Crippen molar-refractivity contribution in [2.24, 2.45) is 0 Å². The first-order valence-electron chi connectivity index (χ1n) is 7.64. The van der Waals surface area contributed by atoms with Crippen molar-refractivity contribution in [1.29, 1.82) is 0 Å². The Labute approximate surface area is 113 Å². The van der Waals surface area contributed by atoms with Crippen LogP contribution in [0.5, 0.6) is 0 Å². The number of unbranched alkanes of at least 4 members (excludes halogenated alkanes) is 2. The van der Waals surface area contributed by atoms with Gasteiger partial charge in [0.15, 0.2) is 0 Å². The predicted molar refractivity (Wildman–Crippen MR) is 81.0 cm³/mol. The number of benzene rings is 1. The predicted octanol–water partition coefficient (Wildman–Crippen LogP) is 4.87. The molecule has 0 radical (unpaired) electrons. The highest BCUT2D eigenvalue weighted by Crippen LogP contribution is 2.20. The topological polar surface area (TPSA) is 12.0 Å². The van der Waals surface area contributed by atoms with Gasteiger partial charge >= 0.3 is 0 Å². The molecule has 1 nitrogen and oxygen atoms in total. The van der Waals surface area contributed by atoms with E-state index in [9.17, 15) is 0 Å². The Morgan fingerprint density at radius 2 is 1.67 bits per heavy atom. The van der Waals surface area contributed by atoms with Crippen LogP contribution in [0.25, 0.3) is 0 Å². The van der Waals surface area contributed by atoms with E-state index in [4.69, 9.17) is 0 Å². The second kappa shape index (κ2) is 9.16. The summed E-state index contributed by atoms with van der Waals surface area (Å²) in [5, 5.41) is 3.68. The second-order valence-electron chi connectivity index (χ2n) is 5.10. The number of rotatable bonds is 9. The molecule has 0 saturated heterocycles. The summed E-state index contributed by atoms with van der Waals surface area (Å²) < 4.78 is 0. The van der Waals surface area contributed by atoms with Gasteiger partial charge in [-0.1, -0.05) is 64.3 Å². The average Bonchev–Trinajstić information content (AvgIpc) is 2.43. The van der Waals surface area contributed by atoms with Gasteiger partial charge < -0.3 is 5.32 Å².